The summed E-state index contributed by atoms with van der Waals surface area (Å²) in [4.78, 5) is 0. The van der Waals surface area contributed by atoms with Crippen LogP contribution in [0.2, 0.25) is 0 Å². The van der Waals surface area contributed by atoms with Crippen LogP contribution in [0.3, 0.4) is 0 Å². The maximum absolute atomic E-state index is 10.0. The minimum atomic E-state index is -0.457. The van der Waals surface area contributed by atoms with Crippen molar-refractivity contribution in [1.29, 1.82) is 5.26 Å². The Morgan fingerprint density at radius 3 is 2.73 bits per heavy atom. The fourth-order valence-corrected chi connectivity index (χ4v) is 2.73. The third kappa shape index (κ3) is 2.31. The van der Waals surface area contributed by atoms with E-state index in [4.69, 9.17) is 0 Å². The molecule has 2 aromatic rings. The van der Waals surface area contributed by atoms with Gasteiger partial charge in [-0.1, -0.05) is 0 Å². The summed E-state index contributed by atoms with van der Waals surface area (Å²) in [6, 6.07) is 1.99. The zero-order valence-electron chi connectivity index (χ0n) is 12.8. The monoisotopic (exact) mass is 298 g/mol. The lowest BCUT2D eigenvalue weighted by Crippen LogP contribution is -2.51. The van der Waals surface area contributed by atoms with Gasteiger partial charge in [-0.3, -0.25) is 4.68 Å². The molecule has 1 aliphatic rings. The molecule has 0 spiro atoms. The van der Waals surface area contributed by atoms with Crippen LogP contribution >= 0.6 is 0 Å². The summed E-state index contributed by atoms with van der Waals surface area (Å²) in [5.41, 5.74) is 3.12. The third-order valence-electron chi connectivity index (χ3n) is 4.23. The fraction of sp³-hybridized carbons (Fsp3) is 0.467. The number of aliphatic hydroxyl groups is 1. The number of nitrogens with zero attached hydrogens (tertiary/aromatic N) is 5. The number of nitriles is 1. The van der Waals surface area contributed by atoms with Crippen LogP contribution in [-0.2, 0) is 0 Å². The highest BCUT2D eigenvalue weighted by molar-refractivity contribution is 5.56. The molecule has 0 unspecified atom stereocenters. The van der Waals surface area contributed by atoms with Crippen molar-refractivity contribution in [3.63, 3.8) is 0 Å². The van der Waals surface area contributed by atoms with E-state index >= 15 is 0 Å². The Bertz CT molecular complexity index is 747. The Morgan fingerprint density at radius 1 is 1.36 bits per heavy atom. The molecule has 3 atom stereocenters. The van der Waals surface area contributed by atoms with Gasteiger partial charge in [-0.05, 0) is 38.3 Å². The first-order valence-corrected chi connectivity index (χ1v) is 7.20. The van der Waals surface area contributed by atoms with Crippen molar-refractivity contribution < 1.29 is 5.11 Å². The summed E-state index contributed by atoms with van der Waals surface area (Å²) in [5.74, 6) is 0.469. The predicted molar refractivity (Wildman–Crippen MR) is 80.3 cm³/mol. The fourth-order valence-electron chi connectivity index (χ4n) is 2.73. The molecule has 3 rings (SSSR count). The highest BCUT2D eigenvalue weighted by Gasteiger charge is 2.42. The van der Waals surface area contributed by atoms with E-state index in [1.165, 1.54) is 0 Å². The van der Waals surface area contributed by atoms with Gasteiger partial charge in [0.1, 0.15) is 11.6 Å². The quantitative estimate of drug-likeness (QED) is 0.885. The van der Waals surface area contributed by atoms with Crippen LogP contribution in [0.15, 0.2) is 12.4 Å². The minimum absolute atomic E-state index is 0.0298. The smallest absolute Gasteiger partial charge is 0.167 e. The Balaban J connectivity index is 1.85. The number of nitrogens with one attached hydrogen (secondary N) is 1. The molecule has 0 amide bonds. The van der Waals surface area contributed by atoms with Crippen molar-refractivity contribution in [3.8, 4) is 6.07 Å². The number of hydrogen-bond acceptors (Lipinski definition) is 6. The molecule has 2 aromatic heterocycles. The lowest BCUT2D eigenvalue weighted by atomic mass is 9.83. The van der Waals surface area contributed by atoms with E-state index in [0.717, 1.165) is 16.8 Å². The summed E-state index contributed by atoms with van der Waals surface area (Å²) < 4.78 is 1.77. The van der Waals surface area contributed by atoms with Crippen LogP contribution in [0.25, 0.3) is 0 Å². The summed E-state index contributed by atoms with van der Waals surface area (Å²) in [6.07, 6.45) is 3.79. The molecular weight excluding hydrogens is 280 g/mol. The molecule has 22 heavy (non-hydrogen) atoms. The van der Waals surface area contributed by atoms with Crippen molar-refractivity contribution in [2.75, 3.05) is 5.32 Å². The maximum atomic E-state index is 10.0. The van der Waals surface area contributed by atoms with Gasteiger partial charge in [0, 0.05) is 6.20 Å². The molecule has 0 aromatic carbocycles. The number of rotatable bonds is 3. The van der Waals surface area contributed by atoms with Gasteiger partial charge in [0.2, 0.25) is 0 Å². The van der Waals surface area contributed by atoms with Crippen molar-refractivity contribution >= 4 is 5.82 Å². The SMILES string of the molecule is Cc1cnn([C@H]2[C@H](O)C[C@@H]2Nc2nnc(C)c(C)c2C#N)c1. The number of hydrogen-bond donors (Lipinski definition) is 2. The Kier molecular flexibility index (Phi) is 3.54. The van der Waals surface area contributed by atoms with Crippen LogP contribution in [0, 0.1) is 32.1 Å². The van der Waals surface area contributed by atoms with Crippen molar-refractivity contribution in [2.24, 2.45) is 0 Å². The first kappa shape index (κ1) is 14.5. The van der Waals surface area contributed by atoms with Crippen LogP contribution < -0.4 is 5.32 Å². The second-order valence-electron chi connectivity index (χ2n) is 5.79. The van der Waals surface area contributed by atoms with Gasteiger partial charge in [-0.2, -0.15) is 15.5 Å². The van der Waals surface area contributed by atoms with Gasteiger partial charge >= 0.3 is 0 Å². The molecule has 2 heterocycles. The van der Waals surface area contributed by atoms with Crippen LogP contribution in [-0.4, -0.2) is 37.2 Å². The average molecular weight is 298 g/mol. The van der Waals surface area contributed by atoms with Crippen LogP contribution in [0.4, 0.5) is 5.82 Å². The molecule has 7 nitrogen and oxygen atoms in total. The number of anilines is 1. The van der Waals surface area contributed by atoms with E-state index in [1.54, 1.807) is 10.9 Å². The zero-order valence-corrected chi connectivity index (χ0v) is 12.8. The van der Waals surface area contributed by atoms with Gasteiger partial charge < -0.3 is 10.4 Å². The summed E-state index contributed by atoms with van der Waals surface area (Å²) >= 11 is 0. The van der Waals surface area contributed by atoms with E-state index in [9.17, 15) is 10.4 Å². The number of aryl methyl sites for hydroxylation is 2. The molecule has 7 heteroatoms. The van der Waals surface area contributed by atoms with E-state index in [0.29, 0.717) is 17.8 Å². The molecule has 1 fully saturated rings. The Labute approximate surface area is 128 Å². The van der Waals surface area contributed by atoms with Gasteiger partial charge in [0.25, 0.3) is 0 Å². The predicted octanol–water partition coefficient (Wildman–Crippen LogP) is 1.26. The highest BCUT2D eigenvalue weighted by atomic mass is 16.3. The molecule has 2 N–H and O–H groups in total. The van der Waals surface area contributed by atoms with Crippen molar-refractivity contribution in [1.82, 2.24) is 20.0 Å². The van der Waals surface area contributed by atoms with Crippen molar-refractivity contribution in [3.05, 3.63) is 34.8 Å². The molecule has 0 aliphatic heterocycles. The molecule has 0 radical (unpaired) electrons. The number of aliphatic hydroxyl groups excluding tert-OH is 1. The molecule has 1 saturated carbocycles. The third-order valence-corrected chi connectivity index (χ3v) is 4.23. The highest BCUT2D eigenvalue weighted by Crippen LogP contribution is 2.35. The normalized spacial score (nSPS) is 23.7. The first-order chi connectivity index (χ1) is 10.5. The Hall–Kier alpha value is -2.46. The van der Waals surface area contributed by atoms with E-state index < -0.39 is 6.10 Å². The first-order valence-electron chi connectivity index (χ1n) is 7.20. The van der Waals surface area contributed by atoms with Crippen LogP contribution in [0.1, 0.15) is 34.8 Å². The van der Waals surface area contributed by atoms with E-state index in [-0.39, 0.29) is 12.1 Å². The molecule has 114 valence electrons. The minimum Gasteiger partial charge on any atom is -0.391 e. The van der Waals surface area contributed by atoms with E-state index in [1.807, 2.05) is 27.0 Å². The zero-order chi connectivity index (χ0) is 15.9. The van der Waals surface area contributed by atoms with Crippen molar-refractivity contribution in [2.45, 2.75) is 45.4 Å². The van der Waals surface area contributed by atoms with Gasteiger partial charge in [0.05, 0.1) is 30.1 Å². The number of aromatic nitrogens is 4. The Morgan fingerprint density at radius 2 is 2.14 bits per heavy atom. The lowest BCUT2D eigenvalue weighted by molar-refractivity contribution is 0.0132. The molecular formula is C15H18N6O. The average Bonchev–Trinajstić information content (AvgIpc) is 2.88. The molecule has 0 bridgehead atoms. The molecule has 1 aliphatic carbocycles. The second-order valence-corrected chi connectivity index (χ2v) is 5.79. The largest absolute Gasteiger partial charge is 0.391 e. The van der Waals surface area contributed by atoms with Gasteiger partial charge in [-0.25, -0.2) is 0 Å². The molecule has 0 saturated heterocycles. The van der Waals surface area contributed by atoms with Gasteiger partial charge in [-0.15, -0.1) is 5.10 Å². The lowest BCUT2D eigenvalue weighted by Gasteiger charge is -2.42. The summed E-state index contributed by atoms with van der Waals surface area (Å²) in [6.45, 7) is 5.65. The summed E-state index contributed by atoms with van der Waals surface area (Å²) in [5, 5.41) is 35.1. The van der Waals surface area contributed by atoms with E-state index in [2.05, 4.69) is 26.7 Å². The maximum Gasteiger partial charge on any atom is 0.167 e. The summed E-state index contributed by atoms with van der Waals surface area (Å²) in [7, 11) is 0. The van der Waals surface area contributed by atoms with Gasteiger partial charge in [0.15, 0.2) is 5.82 Å². The second kappa shape index (κ2) is 5.39. The topological polar surface area (TPSA) is 99.7 Å². The van der Waals surface area contributed by atoms with Crippen LogP contribution in [0.5, 0.6) is 0 Å². The standard InChI is InChI=1S/C15H18N6O/c1-8-6-17-21(7-8)14-12(4-13(14)22)18-15-11(5-16)9(2)10(3)19-20-15/h6-7,12-14,22H,4H2,1-3H3,(H,18,20)/t12-,13+,14+/m0/s1.